The second kappa shape index (κ2) is 22.5. The molecule has 0 spiro atoms. The van der Waals surface area contributed by atoms with Crippen molar-refractivity contribution < 1.29 is 86.5 Å². The lowest BCUT2D eigenvalue weighted by atomic mass is 9.45. The summed E-state index contributed by atoms with van der Waals surface area (Å²) in [5, 5.41) is 34.9. The number of aliphatic hydroxyl groups is 3. The molecule has 18 heteroatoms. The number of fused-ring (bicyclic) bond motifs is 5. The summed E-state index contributed by atoms with van der Waals surface area (Å²) in [6.45, 7) is 16.8. The molecule has 0 aromatic carbocycles. The zero-order valence-electron chi connectivity index (χ0n) is 44.9. The van der Waals surface area contributed by atoms with Gasteiger partial charge in [-0.05, 0) is 111 Å². The molecule has 3 N–H and O–H groups in total. The van der Waals surface area contributed by atoms with Crippen LogP contribution in [-0.2, 0) is 71.2 Å². The average Bonchev–Trinajstić information content (AvgIpc) is 3.64. The Morgan fingerprint density at radius 2 is 1.24 bits per heavy atom. The molecule has 4 saturated heterocycles. The van der Waals surface area contributed by atoms with Gasteiger partial charge in [-0.3, -0.25) is 4.79 Å². The molecule has 4 aliphatic heterocycles. The van der Waals surface area contributed by atoms with Crippen molar-refractivity contribution in [3.05, 3.63) is 23.3 Å². The number of esters is 1. The summed E-state index contributed by atoms with van der Waals surface area (Å²) < 4.78 is 81.1. The standard InChI is InChI=1S/C54H86O18/c1-14-26(2)50(58)69-40-22-36-35(54(59)20-18-34(27(3)55)53(40,54)9)16-15-32-21-33(17-19-52(32,36)8)68-41-24-38(61-11)46(29(5)65-41)70-43-25-39(62-12)47(30(6)66-43)72-51-45(57)49(63-13)48(31(7)67-51)71-42-23-37(60-10)44(56)28(4)64-42/h14-15,28-31,33-49,51,56-57,59H,16-25H2,1-13H3/b26-14+/t28-,29-,30-,31-,33+,34-,35-,36+,37-,38+,39+,40-,41+,42+,43+,44-,45-,46-,47-,48-,49-,51+,52+,53+,54+/m1/s1. The molecule has 0 unspecified atom stereocenters. The Hall–Kier alpha value is -1.98. The molecule has 0 aromatic rings. The monoisotopic (exact) mass is 1020 g/mol. The van der Waals surface area contributed by atoms with Crippen molar-refractivity contribution in [1.29, 1.82) is 0 Å². The van der Waals surface area contributed by atoms with E-state index in [4.69, 9.17) is 61.6 Å². The van der Waals surface area contributed by atoms with Gasteiger partial charge in [0.05, 0.1) is 54.4 Å². The predicted molar refractivity (Wildman–Crippen MR) is 258 cm³/mol. The molecule has 0 amide bonds. The fraction of sp³-hybridized carbons (Fsp3) is 0.889. The third-order valence-corrected chi connectivity index (χ3v) is 18.9. The van der Waals surface area contributed by atoms with Gasteiger partial charge >= 0.3 is 5.97 Å². The first-order chi connectivity index (χ1) is 34.1. The molecule has 4 aliphatic carbocycles. The molecule has 7 fully saturated rings. The van der Waals surface area contributed by atoms with Gasteiger partial charge in [0.25, 0.3) is 0 Å². The van der Waals surface area contributed by atoms with E-state index < -0.39 is 121 Å². The number of ether oxygens (including phenoxy) is 13. The Morgan fingerprint density at radius 1 is 0.667 bits per heavy atom. The third kappa shape index (κ3) is 10.3. The number of allylic oxidation sites excluding steroid dienone is 2. The fourth-order valence-corrected chi connectivity index (χ4v) is 14.5. The Kier molecular flexibility index (Phi) is 17.6. The number of rotatable bonds is 15. The highest BCUT2D eigenvalue weighted by atomic mass is 16.8. The minimum absolute atomic E-state index is 0.0350. The summed E-state index contributed by atoms with van der Waals surface area (Å²) in [5.74, 6) is -0.765. The molecule has 3 saturated carbocycles. The van der Waals surface area contributed by atoms with E-state index in [-0.39, 0.29) is 41.2 Å². The van der Waals surface area contributed by atoms with Crippen LogP contribution < -0.4 is 0 Å². The first kappa shape index (κ1) is 56.2. The molecule has 18 nitrogen and oxygen atoms in total. The fourth-order valence-electron chi connectivity index (χ4n) is 14.5. The SMILES string of the molecule is C/C=C(\C)C(=O)O[C@@H]1C[C@H]2[C@@H](CC=C3C[C@@H](O[C@H]4C[C@H](OC)[C@H](O[C@H]5C[C@H](OC)[C@H](O[C@@H]6O[C@H](C)[C@@H](O[C@H]7C[C@@H](OC)[C@H](O)[C@@H](C)O7)[C@H](OC)[C@H]6O)[C@@H](C)O5)[C@@H](C)O4)CC[C@@]32C)[C@@]2(O)CC[C@H](C(C)=O)[C@@]12C. The van der Waals surface area contributed by atoms with Gasteiger partial charge in [0.1, 0.15) is 48.5 Å². The van der Waals surface area contributed by atoms with Crippen molar-refractivity contribution in [1.82, 2.24) is 0 Å². The lowest BCUT2D eigenvalue weighted by Gasteiger charge is -2.63. The van der Waals surface area contributed by atoms with Crippen LogP contribution in [0.3, 0.4) is 0 Å². The Labute approximate surface area is 426 Å². The summed E-state index contributed by atoms with van der Waals surface area (Å²) in [7, 11) is 6.29. The third-order valence-electron chi connectivity index (χ3n) is 18.9. The molecule has 0 aromatic heterocycles. The van der Waals surface area contributed by atoms with Crippen LogP contribution in [0.15, 0.2) is 23.3 Å². The van der Waals surface area contributed by atoms with Gasteiger partial charge < -0.3 is 76.9 Å². The van der Waals surface area contributed by atoms with E-state index in [1.165, 1.54) is 19.8 Å². The van der Waals surface area contributed by atoms with Gasteiger partial charge in [-0.15, -0.1) is 0 Å². The van der Waals surface area contributed by atoms with Crippen molar-refractivity contribution in [2.75, 3.05) is 28.4 Å². The molecule has 0 bridgehead atoms. The van der Waals surface area contributed by atoms with E-state index in [2.05, 4.69) is 13.0 Å². The number of aliphatic hydroxyl groups excluding tert-OH is 2. The zero-order valence-corrected chi connectivity index (χ0v) is 44.9. The summed E-state index contributed by atoms with van der Waals surface area (Å²) in [5.41, 5.74) is -0.484. The van der Waals surface area contributed by atoms with Crippen molar-refractivity contribution in [2.45, 2.75) is 249 Å². The number of Topliss-reactive ketones (excluding diaryl/α,β-unsaturated/α-hetero) is 1. The number of hydrogen-bond acceptors (Lipinski definition) is 18. The molecule has 8 rings (SSSR count). The van der Waals surface area contributed by atoms with E-state index in [9.17, 15) is 24.9 Å². The highest BCUT2D eigenvalue weighted by Crippen LogP contribution is 2.68. The van der Waals surface area contributed by atoms with Gasteiger partial charge in [0.15, 0.2) is 25.2 Å². The van der Waals surface area contributed by atoms with E-state index in [0.717, 1.165) is 12.8 Å². The lowest BCUT2D eigenvalue weighted by molar-refractivity contribution is -0.365. The van der Waals surface area contributed by atoms with Crippen LogP contribution in [0.25, 0.3) is 0 Å². The number of methoxy groups -OCH3 is 4. The zero-order chi connectivity index (χ0) is 52.2. The maximum atomic E-state index is 13.4. The highest BCUT2D eigenvalue weighted by molar-refractivity contribution is 5.88. The quantitative estimate of drug-likeness (QED) is 0.109. The minimum atomic E-state index is -1.24. The van der Waals surface area contributed by atoms with Crippen LogP contribution in [0.4, 0.5) is 0 Å². The average molecular weight is 1020 g/mol. The summed E-state index contributed by atoms with van der Waals surface area (Å²) in [6, 6.07) is 0. The molecule has 25 atom stereocenters. The van der Waals surface area contributed by atoms with Crippen molar-refractivity contribution >= 4 is 11.8 Å². The van der Waals surface area contributed by atoms with Crippen LogP contribution in [-0.4, -0.2) is 178 Å². The van der Waals surface area contributed by atoms with Gasteiger partial charge in [0, 0.05) is 64.6 Å². The Balaban J connectivity index is 0.864. The summed E-state index contributed by atoms with van der Waals surface area (Å²) in [6.07, 6.45) is -2.07. The second-order valence-corrected chi connectivity index (χ2v) is 22.6. The molecular formula is C54H86O18. The van der Waals surface area contributed by atoms with Crippen LogP contribution in [0.5, 0.6) is 0 Å². The topological polar surface area (TPSA) is 215 Å². The van der Waals surface area contributed by atoms with Crippen LogP contribution >= 0.6 is 0 Å². The Morgan fingerprint density at radius 3 is 1.83 bits per heavy atom. The summed E-state index contributed by atoms with van der Waals surface area (Å²) in [4.78, 5) is 26.5. The lowest BCUT2D eigenvalue weighted by Crippen LogP contribution is -2.66. The highest BCUT2D eigenvalue weighted by Gasteiger charge is 2.71. The minimum Gasteiger partial charge on any atom is -0.458 e. The molecule has 8 aliphatic rings. The van der Waals surface area contributed by atoms with Gasteiger partial charge in [-0.25, -0.2) is 4.79 Å². The first-order valence-corrected chi connectivity index (χ1v) is 26.6. The number of hydrogen-bond donors (Lipinski definition) is 3. The Bertz CT molecular complexity index is 1950. The van der Waals surface area contributed by atoms with Gasteiger partial charge in [-0.1, -0.05) is 31.6 Å². The largest absolute Gasteiger partial charge is 0.458 e. The van der Waals surface area contributed by atoms with Gasteiger partial charge in [0.2, 0.25) is 0 Å². The normalized spacial score (nSPS) is 49.8. The maximum absolute atomic E-state index is 13.4. The molecule has 72 heavy (non-hydrogen) atoms. The number of carbonyl (C=O) groups is 2. The van der Waals surface area contributed by atoms with E-state index in [1.54, 1.807) is 41.1 Å². The van der Waals surface area contributed by atoms with E-state index in [0.29, 0.717) is 56.9 Å². The van der Waals surface area contributed by atoms with Crippen LogP contribution in [0.2, 0.25) is 0 Å². The van der Waals surface area contributed by atoms with Crippen molar-refractivity contribution in [2.24, 2.45) is 28.6 Å². The second-order valence-electron chi connectivity index (χ2n) is 22.6. The van der Waals surface area contributed by atoms with Crippen LogP contribution in [0, 0.1) is 28.6 Å². The molecule has 410 valence electrons. The summed E-state index contributed by atoms with van der Waals surface area (Å²) >= 11 is 0. The van der Waals surface area contributed by atoms with Gasteiger partial charge in [-0.2, -0.15) is 0 Å². The van der Waals surface area contributed by atoms with Crippen LogP contribution in [0.1, 0.15) is 127 Å². The van der Waals surface area contributed by atoms with Crippen molar-refractivity contribution in [3.8, 4) is 0 Å². The van der Waals surface area contributed by atoms with Crippen molar-refractivity contribution in [3.63, 3.8) is 0 Å². The smallest absolute Gasteiger partial charge is 0.333 e. The number of ketones is 1. The van der Waals surface area contributed by atoms with E-state index >= 15 is 0 Å². The maximum Gasteiger partial charge on any atom is 0.333 e. The first-order valence-electron chi connectivity index (χ1n) is 26.6. The molecule has 0 radical (unpaired) electrons. The molecule has 4 heterocycles. The molecular weight excluding hydrogens is 937 g/mol. The predicted octanol–water partition coefficient (Wildman–Crippen LogP) is 5.23. The number of carbonyl (C=O) groups excluding carboxylic acids is 2. The van der Waals surface area contributed by atoms with E-state index in [1.807, 2.05) is 34.6 Å².